The molecule has 0 amide bonds. The van der Waals surface area contributed by atoms with Gasteiger partial charge in [-0.15, -0.1) is 0 Å². The molecule has 0 atom stereocenters. The van der Waals surface area contributed by atoms with Crippen LogP contribution in [0.1, 0.15) is 18.2 Å². The first kappa shape index (κ1) is 16.8. The van der Waals surface area contributed by atoms with E-state index in [2.05, 4.69) is 39.7 Å². The van der Waals surface area contributed by atoms with E-state index in [1.165, 1.54) is 5.56 Å². The molecule has 3 rings (SSSR count). The molecule has 0 saturated carbocycles. The van der Waals surface area contributed by atoms with Gasteiger partial charge >= 0.3 is 0 Å². The van der Waals surface area contributed by atoms with Crippen LogP contribution in [0.4, 0.5) is 23.1 Å². The Bertz CT molecular complexity index is 847. The summed E-state index contributed by atoms with van der Waals surface area (Å²) in [6, 6.07) is 17.9. The van der Waals surface area contributed by atoms with Crippen molar-refractivity contribution in [2.45, 2.75) is 20.3 Å². The average molecular weight is 334 g/mol. The van der Waals surface area contributed by atoms with Gasteiger partial charge in [0.15, 0.2) is 0 Å². The second-order valence-electron chi connectivity index (χ2n) is 5.75. The number of nitrogens with one attached hydrogen (secondary N) is 2. The topological polar surface area (TPSA) is 59.1 Å². The van der Waals surface area contributed by atoms with Gasteiger partial charge in [-0.25, -0.2) is 4.98 Å². The van der Waals surface area contributed by atoms with E-state index in [0.717, 1.165) is 35.1 Å². The van der Waals surface area contributed by atoms with Crippen molar-refractivity contribution in [1.82, 2.24) is 9.97 Å². The summed E-state index contributed by atoms with van der Waals surface area (Å²) in [5.41, 5.74) is 4.06. The molecule has 0 spiro atoms. The molecule has 0 saturated heterocycles. The molecule has 0 radical (unpaired) electrons. The predicted octanol–water partition coefficient (Wildman–Crippen LogP) is 4.84. The summed E-state index contributed by atoms with van der Waals surface area (Å²) in [6.45, 7) is 4.09. The molecular weight excluding hydrogens is 312 g/mol. The number of rotatable bonds is 6. The minimum atomic E-state index is 0.564. The molecule has 0 bridgehead atoms. The number of benzene rings is 2. The maximum absolute atomic E-state index is 5.25. The quantitative estimate of drug-likeness (QED) is 0.675. The van der Waals surface area contributed by atoms with E-state index in [0.29, 0.717) is 5.95 Å². The minimum absolute atomic E-state index is 0.564. The van der Waals surface area contributed by atoms with Crippen LogP contribution in [0.5, 0.6) is 5.75 Å². The number of aromatic nitrogens is 2. The number of hydrogen-bond acceptors (Lipinski definition) is 5. The lowest BCUT2D eigenvalue weighted by Gasteiger charge is -2.11. The summed E-state index contributed by atoms with van der Waals surface area (Å²) in [5.74, 6) is 2.09. The summed E-state index contributed by atoms with van der Waals surface area (Å²) in [6.07, 6.45) is 1.02. The molecule has 2 N–H and O–H groups in total. The van der Waals surface area contributed by atoms with E-state index < -0.39 is 0 Å². The number of methoxy groups -OCH3 is 1. The highest BCUT2D eigenvalue weighted by Crippen LogP contribution is 2.22. The molecule has 3 aromatic rings. The number of aryl methyl sites for hydroxylation is 2. The molecule has 0 aliphatic heterocycles. The molecule has 0 unspecified atom stereocenters. The highest BCUT2D eigenvalue weighted by atomic mass is 16.5. The zero-order valence-electron chi connectivity index (χ0n) is 14.7. The van der Waals surface area contributed by atoms with E-state index in [1.54, 1.807) is 7.11 Å². The molecule has 5 nitrogen and oxygen atoms in total. The number of hydrogen-bond donors (Lipinski definition) is 2. The second-order valence-corrected chi connectivity index (χ2v) is 5.75. The Hall–Kier alpha value is -3.08. The van der Waals surface area contributed by atoms with Gasteiger partial charge in [0, 0.05) is 29.2 Å². The van der Waals surface area contributed by atoms with Gasteiger partial charge < -0.3 is 15.4 Å². The van der Waals surface area contributed by atoms with Crippen LogP contribution in [-0.4, -0.2) is 17.1 Å². The zero-order chi connectivity index (χ0) is 17.6. The summed E-state index contributed by atoms with van der Waals surface area (Å²) < 4.78 is 5.25. The summed E-state index contributed by atoms with van der Waals surface area (Å²) >= 11 is 0. The Labute approximate surface area is 148 Å². The fourth-order valence-electron chi connectivity index (χ4n) is 2.49. The van der Waals surface area contributed by atoms with Gasteiger partial charge in [0.25, 0.3) is 0 Å². The highest BCUT2D eigenvalue weighted by Gasteiger charge is 2.04. The fourth-order valence-corrected chi connectivity index (χ4v) is 2.49. The Morgan fingerprint density at radius 3 is 2.44 bits per heavy atom. The van der Waals surface area contributed by atoms with E-state index >= 15 is 0 Å². The minimum Gasteiger partial charge on any atom is -0.497 e. The molecule has 0 aliphatic rings. The van der Waals surface area contributed by atoms with Crippen molar-refractivity contribution in [3.8, 4) is 5.75 Å². The maximum atomic E-state index is 5.25. The monoisotopic (exact) mass is 334 g/mol. The molecule has 2 aromatic carbocycles. The molecule has 1 heterocycles. The van der Waals surface area contributed by atoms with E-state index in [-0.39, 0.29) is 0 Å². The van der Waals surface area contributed by atoms with Crippen LogP contribution in [0.3, 0.4) is 0 Å². The van der Waals surface area contributed by atoms with Gasteiger partial charge in [-0.2, -0.15) is 4.98 Å². The smallest absolute Gasteiger partial charge is 0.229 e. The van der Waals surface area contributed by atoms with Crippen LogP contribution in [0.15, 0.2) is 54.6 Å². The second kappa shape index (κ2) is 7.66. The Morgan fingerprint density at radius 1 is 0.920 bits per heavy atom. The van der Waals surface area contributed by atoms with Crippen molar-refractivity contribution in [3.05, 3.63) is 65.9 Å². The molecule has 0 aliphatic carbocycles. The largest absolute Gasteiger partial charge is 0.497 e. The third-order valence-electron chi connectivity index (χ3n) is 3.81. The number of ether oxygens (including phenoxy) is 1. The highest BCUT2D eigenvalue weighted by molar-refractivity contribution is 5.61. The van der Waals surface area contributed by atoms with Crippen molar-refractivity contribution in [2.75, 3.05) is 17.7 Å². The van der Waals surface area contributed by atoms with Crippen molar-refractivity contribution >= 4 is 23.1 Å². The Balaban J connectivity index is 1.79. The maximum Gasteiger partial charge on any atom is 0.229 e. The normalized spacial score (nSPS) is 10.4. The van der Waals surface area contributed by atoms with E-state index in [9.17, 15) is 0 Å². The lowest BCUT2D eigenvalue weighted by atomic mass is 10.1. The van der Waals surface area contributed by atoms with Crippen LogP contribution in [0.25, 0.3) is 0 Å². The van der Waals surface area contributed by atoms with Crippen LogP contribution in [0.2, 0.25) is 0 Å². The van der Waals surface area contributed by atoms with Crippen molar-refractivity contribution in [3.63, 3.8) is 0 Å². The number of anilines is 4. The van der Waals surface area contributed by atoms with Gasteiger partial charge in [-0.1, -0.05) is 25.1 Å². The predicted molar refractivity (Wildman–Crippen MR) is 102 cm³/mol. The third-order valence-corrected chi connectivity index (χ3v) is 3.81. The lowest BCUT2D eigenvalue weighted by molar-refractivity contribution is 0.415. The summed E-state index contributed by atoms with van der Waals surface area (Å²) in [5, 5.41) is 6.55. The van der Waals surface area contributed by atoms with E-state index in [4.69, 9.17) is 4.74 Å². The number of nitrogens with zero attached hydrogens (tertiary/aromatic N) is 2. The summed E-state index contributed by atoms with van der Waals surface area (Å²) in [4.78, 5) is 9.01. The zero-order valence-corrected chi connectivity index (χ0v) is 14.7. The molecule has 1 aromatic heterocycles. The van der Waals surface area contributed by atoms with Crippen LogP contribution in [0, 0.1) is 6.92 Å². The molecular formula is C20H22N4O. The van der Waals surface area contributed by atoms with Crippen LogP contribution in [-0.2, 0) is 6.42 Å². The third kappa shape index (κ3) is 4.47. The van der Waals surface area contributed by atoms with Crippen molar-refractivity contribution < 1.29 is 4.74 Å². The first-order chi connectivity index (χ1) is 12.2. The molecule has 128 valence electrons. The fraction of sp³-hybridized carbons (Fsp3) is 0.200. The van der Waals surface area contributed by atoms with Gasteiger partial charge in [0.1, 0.15) is 11.6 Å². The standard InChI is InChI=1S/C20H22N4O/c1-4-15-8-10-16(11-9-15)23-20-21-14(2)12-19(24-20)22-17-6-5-7-18(13-17)25-3/h5-13H,4H2,1-3H3,(H2,21,22,23,24). The molecule has 5 heteroatoms. The SMILES string of the molecule is CCc1ccc(Nc2nc(C)cc(Nc3cccc(OC)c3)n2)cc1. The van der Waals surface area contributed by atoms with Gasteiger partial charge in [0.2, 0.25) is 5.95 Å². The first-order valence-corrected chi connectivity index (χ1v) is 8.29. The van der Waals surface area contributed by atoms with Gasteiger partial charge in [-0.3, -0.25) is 0 Å². The first-order valence-electron chi connectivity index (χ1n) is 8.29. The summed E-state index contributed by atoms with van der Waals surface area (Å²) in [7, 11) is 1.65. The van der Waals surface area contributed by atoms with Crippen LogP contribution >= 0.6 is 0 Å². The van der Waals surface area contributed by atoms with Crippen molar-refractivity contribution in [1.29, 1.82) is 0 Å². The van der Waals surface area contributed by atoms with Crippen molar-refractivity contribution in [2.24, 2.45) is 0 Å². The van der Waals surface area contributed by atoms with E-state index in [1.807, 2.05) is 49.4 Å². The lowest BCUT2D eigenvalue weighted by Crippen LogP contribution is -2.02. The molecule has 0 fully saturated rings. The Kier molecular flexibility index (Phi) is 5.14. The van der Waals surface area contributed by atoms with Crippen LogP contribution < -0.4 is 15.4 Å². The Morgan fingerprint density at radius 2 is 1.72 bits per heavy atom. The average Bonchev–Trinajstić information content (AvgIpc) is 2.62. The van der Waals surface area contributed by atoms with Gasteiger partial charge in [0.05, 0.1) is 7.11 Å². The van der Waals surface area contributed by atoms with Gasteiger partial charge in [-0.05, 0) is 43.2 Å². The molecule has 25 heavy (non-hydrogen) atoms.